The molecule has 1 heterocycles. The monoisotopic (exact) mass is 235 g/mol. The average Bonchev–Trinajstić information content (AvgIpc) is 2.29. The largest absolute Gasteiger partial charge is 0.496 e. The van der Waals surface area contributed by atoms with Crippen molar-refractivity contribution in [2.24, 2.45) is 0 Å². The first-order chi connectivity index (χ1) is 7.99. The Hall–Kier alpha value is -1.22. The van der Waals surface area contributed by atoms with Gasteiger partial charge in [-0.25, -0.2) is 0 Å². The lowest BCUT2D eigenvalue weighted by atomic mass is 9.74. The summed E-state index contributed by atoms with van der Waals surface area (Å²) in [7, 11) is 3.44. The van der Waals surface area contributed by atoms with E-state index in [2.05, 4.69) is 31.3 Å². The summed E-state index contributed by atoms with van der Waals surface area (Å²) in [5.41, 5.74) is 2.48. The van der Waals surface area contributed by atoms with Gasteiger partial charge in [0.15, 0.2) is 0 Å². The molecule has 1 aliphatic rings. The van der Waals surface area contributed by atoms with Gasteiger partial charge in [-0.1, -0.05) is 0 Å². The predicted octanol–water partition coefficient (Wildman–Crippen LogP) is 2.48. The van der Waals surface area contributed by atoms with Crippen LogP contribution in [0.3, 0.4) is 0 Å². The van der Waals surface area contributed by atoms with Crippen molar-refractivity contribution in [2.75, 3.05) is 20.8 Å². The van der Waals surface area contributed by atoms with E-state index in [0.717, 1.165) is 23.6 Å². The topological polar surface area (TPSA) is 30.5 Å². The highest BCUT2D eigenvalue weighted by molar-refractivity contribution is 5.49. The van der Waals surface area contributed by atoms with Crippen molar-refractivity contribution in [1.29, 1.82) is 0 Å². The van der Waals surface area contributed by atoms with Crippen LogP contribution in [0.1, 0.15) is 30.9 Å². The summed E-state index contributed by atoms with van der Waals surface area (Å²) in [6.07, 6.45) is 0. The fourth-order valence-electron chi connectivity index (χ4n) is 2.46. The van der Waals surface area contributed by atoms with E-state index >= 15 is 0 Å². The van der Waals surface area contributed by atoms with E-state index in [4.69, 9.17) is 9.47 Å². The fourth-order valence-corrected chi connectivity index (χ4v) is 2.46. The van der Waals surface area contributed by atoms with Crippen LogP contribution in [0.2, 0.25) is 0 Å². The van der Waals surface area contributed by atoms with Crippen molar-refractivity contribution in [1.82, 2.24) is 5.32 Å². The Balaban J connectivity index is 2.44. The third-order valence-corrected chi connectivity index (χ3v) is 3.76. The number of methoxy groups -OCH3 is 2. The number of benzene rings is 1. The molecule has 2 rings (SSSR count). The molecule has 0 spiro atoms. The standard InChI is InChI=1S/C14H21NO2/c1-9-6-13(17-5)10(7-12(9)16-4)11-8-15-14(11,2)3/h6-7,11,15H,8H2,1-5H3. The molecule has 0 saturated carbocycles. The first-order valence-electron chi connectivity index (χ1n) is 5.97. The Labute approximate surface area is 103 Å². The van der Waals surface area contributed by atoms with Crippen LogP contribution >= 0.6 is 0 Å². The van der Waals surface area contributed by atoms with Gasteiger partial charge in [-0.15, -0.1) is 0 Å². The third kappa shape index (κ3) is 2.00. The SMILES string of the molecule is COc1cc(C2CNC2(C)C)c(OC)cc1C. The van der Waals surface area contributed by atoms with Crippen molar-refractivity contribution in [3.8, 4) is 11.5 Å². The molecule has 0 aliphatic carbocycles. The lowest BCUT2D eigenvalue weighted by Crippen LogP contribution is -2.59. The summed E-state index contributed by atoms with van der Waals surface area (Å²) in [5, 5.41) is 3.44. The zero-order chi connectivity index (χ0) is 12.6. The molecular formula is C14H21NO2. The second-order valence-electron chi connectivity index (χ2n) is 5.22. The Kier molecular flexibility index (Phi) is 3.04. The molecule has 0 radical (unpaired) electrons. The molecule has 1 aromatic carbocycles. The summed E-state index contributed by atoms with van der Waals surface area (Å²) in [5.74, 6) is 2.37. The maximum Gasteiger partial charge on any atom is 0.122 e. The molecule has 1 N–H and O–H groups in total. The second-order valence-corrected chi connectivity index (χ2v) is 5.22. The van der Waals surface area contributed by atoms with Gasteiger partial charge in [0.05, 0.1) is 14.2 Å². The number of ether oxygens (including phenoxy) is 2. The first kappa shape index (κ1) is 12.2. The zero-order valence-electron chi connectivity index (χ0n) is 11.3. The molecule has 3 nitrogen and oxygen atoms in total. The minimum atomic E-state index is 0.132. The van der Waals surface area contributed by atoms with Gasteiger partial charge in [0.2, 0.25) is 0 Å². The van der Waals surface area contributed by atoms with Crippen molar-refractivity contribution in [2.45, 2.75) is 32.2 Å². The van der Waals surface area contributed by atoms with E-state index in [1.54, 1.807) is 14.2 Å². The molecule has 94 valence electrons. The molecule has 1 saturated heterocycles. The number of nitrogens with one attached hydrogen (secondary N) is 1. The molecule has 0 amide bonds. The summed E-state index contributed by atoms with van der Waals surface area (Å²) in [6.45, 7) is 7.46. The van der Waals surface area contributed by atoms with Crippen molar-refractivity contribution >= 4 is 0 Å². The Morgan fingerprint density at radius 1 is 1.18 bits per heavy atom. The normalized spacial score (nSPS) is 21.8. The van der Waals surface area contributed by atoms with Crippen LogP contribution < -0.4 is 14.8 Å². The van der Waals surface area contributed by atoms with E-state index in [-0.39, 0.29) is 5.54 Å². The smallest absolute Gasteiger partial charge is 0.122 e. The Bertz CT molecular complexity index is 426. The Morgan fingerprint density at radius 2 is 1.82 bits per heavy atom. The molecule has 1 fully saturated rings. The van der Waals surface area contributed by atoms with Crippen LogP contribution in [0.25, 0.3) is 0 Å². The highest BCUT2D eigenvalue weighted by Crippen LogP contribution is 2.41. The van der Waals surface area contributed by atoms with Crippen molar-refractivity contribution < 1.29 is 9.47 Å². The molecular weight excluding hydrogens is 214 g/mol. The lowest BCUT2D eigenvalue weighted by molar-refractivity contribution is 0.203. The summed E-state index contributed by atoms with van der Waals surface area (Å²) in [4.78, 5) is 0. The summed E-state index contributed by atoms with van der Waals surface area (Å²) >= 11 is 0. The van der Waals surface area contributed by atoms with E-state index in [1.165, 1.54) is 5.56 Å². The number of hydrogen-bond donors (Lipinski definition) is 1. The first-order valence-corrected chi connectivity index (χ1v) is 5.97. The number of rotatable bonds is 3. The quantitative estimate of drug-likeness (QED) is 0.873. The fraction of sp³-hybridized carbons (Fsp3) is 0.571. The third-order valence-electron chi connectivity index (χ3n) is 3.76. The van der Waals surface area contributed by atoms with Crippen LogP contribution in [-0.2, 0) is 0 Å². The van der Waals surface area contributed by atoms with Crippen molar-refractivity contribution in [3.05, 3.63) is 23.3 Å². The van der Waals surface area contributed by atoms with Crippen LogP contribution in [0.5, 0.6) is 11.5 Å². The predicted molar refractivity (Wildman–Crippen MR) is 69.1 cm³/mol. The van der Waals surface area contributed by atoms with Gasteiger partial charge >= 0.3 is 0 Å². The molecule has 0 aromatic heterocycles. The number of aryl methyl sites for hydroxylation is 1. The van der Waals surface area contributed by atoms with E-state index in [0.29, 0.717) is 5.92 Å². The van der Waals surface area contributed by atoms with Gasteiger partial charge in [0, 0.05) is 23.6 Å². The molecule has 1 unspecified atom stereocenters. The minimum absolute atomic E-state index is 0.132. The molecule has 1 atom stereocenters. The van der Waals surface area contributed by atoms with Gasteiger partial charge in [0.1, 0.15) is 11.5 Å². The minimum Gasteiger partial charge on any atom is -0.496 e. The Morgan fingerprint density at radius 3 is 2.24 bits per heavy atom. The summed E-state index contributed by atoms with van der Waals surface area (Å²) in [6, 6.07) is 4.17. The molecule has 0 bridgehead atoms. The van der Waals surface area contributed by atoms with Gasteiger partial charge in [-0.05, 0) is 38.5 Å². The van der Waals surface area contributed by atoms with Crippen LogP contribution in [0.4, 0.5) is 0 Å². The molecule has 1 aromatic rings. The van der Waals surface area contributed by atoms with Gasteiger partial charge in [-0.3, -0.25) is 0 Å². The molecule has 1 aliphatic heterocycles. The van der Waals surface area contributed by atoms with Gasteiger partial charge in [0.25, 0.3) is 0 Å². The maximum absolute atomic E-state index is 5.49. The van der Waals surface area contributed by atoms with Crippen LogP contribution in [-0.4, -0.2) is 26.3 Å². The zero-order valence-corrected chi connectivity index (χ0v) is 11.3. The second kappa shape index (κ2) is 4.22. The van der Waals surface area contributed by atoms with E-state index < -0.39 is 0 Å². The average molecular weight is 235 g/mol. The highest BCUT2D eigenvalue weighted by Gasteiger charge is 2.40. The van der Waals surface area contributed by atoms with Crippen molar-refractivity contribution in [3.63, 3.8) is 0 Å². The van der Waals surface area contributed by atoms with Crippen LogP contribution in [0, 0.1) is 6.92 Å². The highest BCUT2D eigenvalue weighted by atomic mass is 16.5. The van der Waals surface area contributed by atoms with E-state index in [1.807, 2.05) is 6.92 Å². The van der Waals surface area contributed by atoms with Gasteiger partial charge in [-0.2, -0.15) is 0 Å². The maximum atomic E-state index is 5.49. The molecule has 17 heavy (non-hydrogen) atoms. The van der Waals surface area contributed by atoms with Gasteiger partial charge < -0.3 is 14.8 Å². The van der Waals surface area contributed by atoms with E-state index in [9.17, 15) is 0 Å². The lowest BCUT2D eigenvalue weighted by Gasteiger charge is -2.46. The number of hydrogen-bond acceptors (Lipinski definition) is 3. The van der Waals surface area contributed by atoms with Crippen LogP contribution in [0.15, 0.2) is 12.1 Å². The molecule has 3 heteroatoms. The summed E-state index contributed by atoms with van der Waals surface area (Å²) < 4.78 is 10.9.